The average molecular weight is 270 g/mol. The number of rotatable bonds is 5. The summed E-state index contributed by atoms with van der Waals surface area (Å²) in [6.07, 6.45) is 0.555. The molecule has 2 nitrogen and oxygen atoms in total. The zero-order valence-corrected chi connectivity index (χ0v) is 10.7. The van der Waals surface area contributed by atoms with Gasteiger partial charge in [0.05, 0.1) is 0 Å². The molecule has 1 aromatic rings. The topological polar surface area (TPSA) is 29.1 Å². The molecule has 0 aliphatic carbocycles. The van der Waals surface area contributed by atoms with Crippen molar-refractivity contribution in [3.8, 4) is 0 Å². The summed E-state index contributed by atoms with van der Waals surface area (Å²) in [6.45, 7) is 4.89. The van der Waals surface area contributed by atoms with Gasteiger partial charge in [-0.1, -0.05) is 41.9 Å². The highest BCUT2D eigenvalue weighted by Crippen LogP contribution is 2.11. The molecule has 1 aromatic carbocycles. The van der Waals surface area contributed by atoms with Crippen LogP contribution in [-0.4, -0.2) is 18.4 Å². The van der Waals surface area contributed by atoms with Crippen LogP contribution in [0.4, 0.5) is 0 Å². The second-order valence-electron chi connectivity index (χ2n) is 3.79. The van der Waals surface area contributed by atoms with Gasteiger partial charge in [-0.25, -0.2) is 0 Å². The lowest BCUT2D eigenvalue weighted by molar-refractivity contribution is 0.0982. The van der Waals surface area contributed by atoms with Crippen molar-refractivity contribution in [2.24, 2.45) is 0 Å². The van der Waals surface area contributed by atoms with E-state index in [-0.39, 0.29) is 5.78 Å². The van der Waals surface area contributed by atoms with Crippen LogP contribution in [-0.2, 0) is 0 Å². The van der Waals surface area contributed by atoms with Crippen LogP contribution in [0.2, 0.25) is 0 Å². The third-order valence-corrected chi connectivity index (χ3v) is 2.60. The number of ketones is 1. The number of Topliss-reactive ketones (excluding diaryl/α,β-unsaturated/α-hetero) is 1. The fourth-order valence-corrected chi connectivity index (χ4v) is 1.52. The number of nitrogens with one attached hydrogen (secondary N) is 1. The van der Waals surface area contributed by atoms with Crippen molar-refractivity contribution in [2.45, 2.75) is 26.3 Å². The van der Waals surface area contributed by atoms with Crippen molar-refractivity contribution >= 4 is 21.7 Å². The fraction of sp³-hybridized carbons (Fsp3) is 0.417. The minimum Gasteiger partial charge on any atom is -0.314 e. The molecule has 0 saturated carbocycles. The number of benzene rings is 1. The van der Waals surface area contributed by atoms with Crippen molar-refractivity contribution in [1.82, 2.24) is 5.32 Å². The molecular formula is C12H16BrNO. The number of carbonyl (C=O) groups excluding carboxylic acids is 1. The Hall–Kier alpha value is -0.670. The Bertz CT molecular complexity index is 319. The van der Waals surface area contributed by atoms with Crippen LogP contribution >= 0.6 is 15.9 Å². The van der Waals surface area contributed by atoms with Crippen molar-refractivity contribution in [2.75, 3.05) is 6.54 Å². The highest BCUT2D eigenvalue weighted by Gasteiger charge is 2.05. The zero-order chi connectivity index (χ0) is 11.3. The maximum absolute atomic E-state index is 11.7. The standard InChI is InChI=1S/C12H16BrNO/c1-9(2)14-8-7-12(15)10-3-5-11(13)6-4-10/h3-6,9,14H,7-8H2,1-2H3. The Morgan fingerprint density at radius 2 is 1.93 bits per heavy atom. The van der Waals surface area contributed by atoms with E-state index in [1.807, 2.05) is 24.3 Å². The molecule has 3 heteroatoms. The van der Waals surface area contributed by atoms with E-state index < -0.39 is 0 Å². The molecule has 82 valence electrons. The molecular weight excluding hydrogens is 254 g/mol. The van der Waals surface area contributed by atoms with E-state index in [1.165, 1.54) is 0 Å². The summed E-state index contributed by atoms with van der Waals surface area (Å²) < 4.78 is 0.999. The first kappa shape index (κ1) is 12.4. The summed E-state index contributed by atoms with van der Waals surface area (Å²) in [4.78, 5) is 11.7. The lowest BCUT2D eigenvalue weighted by Crippen LogP contribution is -2.25. The molecule has 0 spiro atoms. The van der Waals surface area contributed by atoms with Crippen molar-refractivity contribution in [1.29, 1.82) is 0 Å². The van der Waals surface area contributed by atoms with Crippen LogP contribution < -0.4 is 5.32 Å². The minimum absolute atomic E-state index is 0.190. The summed E-state index contributed by atoms with van der Waals surface area (Å²) in [5.74, 6) is 0.190. The van der Waals surface area contributed by atoms with Crippen LogP contribution in [0.1, 0.15) is 30.6 Å². The SMILES string of the molecule is CC(C)NCCC(=O)c1ccc(Br)cc1. The molecule has 15 heavy (non-hydrogen) atoms. The molecule has 0 atom stereocenters. The van der Waals surface area contributed by atoms with E-state index >= 15 is 0 Å². The van der Waals surface area contributed by atoms with E-state index in [4.69, 9.17) is 0 Å². The zero-order valence-electron chi connectivity index (χ0n) is 9.09. The Labute approximate surface area is 99.2 Å². The Morgan fingerprint density at radius 1 is 1.33 bits per heavy atom. The van der Waals surface area contributed by atoms with Crippen molar-refractivity contribution in [3.63, 3.8) is 0 Å². The smallest absolute Gasteiger partial charge is 0.164 e. The second-order valence-corrected chi connectivity index (χ2v) is 4.70. The van der Waals surface area contributed by atoms with Gasteiger partial charge < -0.3 is 5.32 Å². The fourth-order valence-electron chi connectivity index (χ4n) is 1.25. The number of hydrogen-bond donors (Lipinski definition) is 1. The van der Waals surface area contributed by atoms with Gasteiger partial charge in [0.1, 0.15) is 0 Å². The largest absolute Gasteiger partial charge is 0.314 e. The number of hydrogen-bond acceptors (Lipinski definition) is 2. The van der Waals surface area contributed by atoms with E-state index in [9.17, 15) is 4.79 Å². The van der Waals surface area contributed by atoms with E-state index in [0.717, 1.165) is 16.6 Å². The third-order valence-electron chi connectivity index (χ3n) is 2.07. The maximum Gasteiger partial charge on any atom is 0.164 e. The predicted molar refractivity (Wildman–Crippen MR) is 66.2 cm³/mol. The van der Waals surface area contributed by atoms with Gasteiger partial charge in [0.25, 0.3) is 0 Å². The van der Waals surface area contributed by atoms with Gasteiger partial charge in [-0.05, 0) is 12.1 Å². The molecule has 0 heterocycles. The molecule has 0 fully saturated rings. The number of carbonyl (C=O) groups is 1. The normalized spacial score (nSPS) is 10.7. The molecule has 0 aliphatic rings. The predicted octanol–water partition coefficient (Wildman–Crippen LogP) is 3.02. The lowest BCUT2D eigenvalue weighted by Gasteiger charge is -2.07. The Balaban J connectivity index is 2.43. The molecule has 0 bridgehead atoms. The third kappa shape index (κ3) is 4.58. The molecule has 0 aromatic heterocycles. The molecule has 0 aliphatic heterocycles. The highest BCUT2D eigenvalue weighted by molar-refractivity contribution is 9.10. The number of halogens is 1. The van der Waals surface area contributed by atoms with E-state index in [0.29, 0.717) is 12.5 Å². The van der Waals surface area contributed by atoms with Crippen molar-refractivity contribution < 1.29 is 4.79 Å². The van der Waals surface area contributed by atoms with Crippen molar-refractivity contribution in [3.05, 3.63) is 34.3 Å². The summed E-state index contributed by atoms with van der Waals surface area (Å²) in [6, 6.07) is 7.92. The minimum atomic E-state index is 0.190. The van der Waals surface area contributed by atoms with Gasteiger partial charge >= 0.3 is 0 Å². The van der Waals surface area contributed by atoms with Gasteiger partial charge in [0.15, 0.2) is 5.78 Å². The Morgan fingerprint density at radius 3 is 2.47 bits per heavy atom. The van der Waals surface area contributed by atoms with Gasteiger partial charge in [-0.2, -0.15) is 0 Å². The van der Waals surface area contributed by atoms with Gasteiger partial charge in [0.2, 0.25) is 0 Å². The first-order valence-corrected chi connectivity index (χ1v) is 5.91. The van der Waals surface area contributed by atoms with Crippen LogP contribution in [0.5, 0.6) is 0 Å². The summed E-state index contributed by atoms with van der Waals surface area (Å²) in [7, 11) is 0. The van der Waals surface area contributed by atoms with E-state index in [1.54, 1.807) is 0 Å². The van der Waals surface area contributed by atoms with E-state index in [2.05, 4.69) is 35.1 Å². The molecule has 1 rings (SSSR count). The summed E-state index contributed by atoms with van der Waals surface area (Å²) in [5, 5.41) is 3.23. The maximum atomic E-state index is 11.7. The second kappa shape index (κ2) is 6.03. The summed E-state index contributed by atoms with van der Waals surface area (Å²) in [5.41, 5.74) is 0.781. The highest BCUT2D eigenvalue weighted by atomic mass is 79.9. The van der Waals surface area contributed by atoms with Gasteiger partial charge in [0, 0.05) is 29.0 Å². The van der Waals surface area contributed by atoms with Gasteiger partial charge in [-0.3, -0.25) is 4.79 Å². The molecule has 1 N–H and O–H groups in total. The average Bonchev–Trinajstić information content (AvgIpc) is 2.18. The first-order chi connectivity index (χ1) is 7.09. The summed E-state index contributed by atoms with van der Waals surface area (Å²) >= 11 is 3.34. The van der Waals surface area contributed by atoms with Crippen LogP contribution in [0, 0.1) is 0 Å². The molecule has 0 radical (unpaired) electrons. The monoisotopic (exact) mass is 269 g/mol. The first-order valence-electron chi connectivity index (χ1n) is 5.11. The van der Waals surface area contributed by atoms with Crippen LogP contribution in [0.25, 0.3) is 0 Å². The molecule has 0 saturated heterocycles. The molecule has 0 unspecified atom stereocenters. The molecule has 0 amide bonds. The van der Waals surface area contributed by atoms with Crippen LogP contribution in [0.3, 0.4) is 0 Å². The van der Waals surface area contributed by atoms with Crippen LogP contribution in [0.15, 0.2) is 28.7 Å². The van der Waals surface area contributed by atoms with Gasteiger partial charge in [-0.15, -0.1) is 0 Å². The lowest BCUT2D eigenvalue weighted by atomic mass is 10.1. The Kier molecular flexibility index (Phi) is 4.99. The quantitative estimate of drug-likeness (QED) is 0.833.